The Kier molecular flexibility index (Phi) is 7.17. The van der Waals surface area contributed by atoms with Crippen molar-refractivity contribution in [1.29, 1.82) is 0 Å². The van der Waals surface area contributed by atoms with E-state index in [-0.39, 0.29) is 29.8 Å². The van der Waals surface area contributed by atoms with Crippen LogP contribution in [0.3, 0.4) is 0 Å². The Hall–Kier alpha value is -3.49. The third-order valence-corrected chi connectivity index (χ3v) is 4.66. The van der Waals surface area contributed by atoms with Crippen molar-refractivity contribution in [2.24, 2.45) is 0 Å². The molecule has 0 aliphatic carbocycles. The zero-order valence-electron chi connectivity index (χ0n) is 17.1. The van der Waals surface area contributed by atoms with Crippen molar-refractivity contribution in [2.75, 3.05) is 13.7 Å². The predicted octanol–water partition coefficient (Wildman–Crippen LogP) is 4.16. The van der Waals surface area contributed by atoms with Gasteiger partial charge in [-0.15, -0.1) is 0 Å². The molecule has 0 aliphatic heterocycles. The molecule has 2 aromatic carbocycles. The van der Waals surface area contributed by atoms with Crippen LogP contribution in [0.4, 0.5) is 13.2 Å². The van der Waals surface area contributed by atoms with Crippen LogP contribution in [-0.2, 0) is 12.8 Å². The summed E-state index contributed by atoms with van der Waals surface area (Å²) in [6.45, 7) is -0.783. The molecule has 9 heteroatoms. The molecule has 1 aromatic heterocycles. The van der Waals surface area contributed by atoms with Gasteiger partial charge in [0.2, 0.25) is 0 Å². The van der Waals surface area contributed by atoms with E-state index < -0.39 is 6.61 Å². The highest BCUT2D eigenvalue weighted by Gasteiger charge is 2.17. The summed E-state index contributed by atoms with van der Waals surface area (Å²) in [5, 5.41) is 7.08. The third kappa shape index (κ3) is 5.36. The molecule has 1 N–H and O–H groups in total. The largest absolute Gasteiger partial charge is 0.493 e. The second-order valence-corrected chi connectivity index (χ2v) is 6.62. The average Bonchev–Trinajstić information content (AvgIpc) is 3.18. The average molecular weight is 433 g/mol. The summed E-state index contributed by atoms with van der Waals surface area (Å²) < 4.78 is 49.4. The molecule has 0 aliphatic rings. The standard InChI is InChI=1S/C22H22F3N3O3/c1-3-18-17(13-27-28(18)16-7-5-15(23)6-8-16)21(29)26-11-10-14-4-9-19(30-2)20(12-14)31-22(24)25/h4-9,12-13,22H,3,10-11H2,1-2H3,(H,26,29). The number of nitrogens with one attached hydrogen (secondary N) is 1. The number of ether oxygens (including phenoxy) is 2. The van der Waals surface area contributed by atoms with Gasteiger partial charge >= 0.3 is 6.61 Å². The first-order chi connectivity index (χ1) is 14.9. The summed E-state index contributed by atoms with van der Waals surface area (Å²) in [4.78, 5) is 12.7. The first-order valence-corrected chi connectivity index (χ1v) is 9.65. The maximum absolute atomic E-state index is 13.2. The molecule has 0 unspecified atom stereocenters. The van der Waals surface area contributed by atoms with Crippen LogP contribution < -0.4 is 14.8 Å². The number of rotatable bonds is 9. The lowest BCUT2D eigenvalue weighted by Crippen LogP contribution is -2.26. The van der Waals surface area contributed by atoms with Crippen molar-refractivity contribution in [3.05, 3.63) is 71.3 Å². The maximum atomic E-state index is 13.2. The molecule has 0 fully saturated rings. The predicted molar refractivity (Wildman–Crippen MR) is 109 cm³/mol. The molecule has 1 heterocycles. The number of hydrogen-bond donors (Lipinski definition) is 1. The van der Waals surface area contributed by atoms with Crippen LogP contribution in [-0.4, -0.2) is 36.0 Å². The molecule has 3 rings (SSSR count). The Balaban J connectivity index is 1.67. The number of alkyl halides is 2. The molecule has 3 aromatic rings. The zero-order valence-corrected chi connectivity index (χ0v) is 17.1. The Bertz CT molecular complexity index is 1040. The molecule has 0 atom stereocenters. The highest BCUT2D eigenvalue weighted by Crippen LogP contribution is 2.29. The fourth-order valence-electron chi connectivity index (χ4n) is 3.19. The Morgan fingerprint density at radius 2 is 1.90 bits per heavy atom. The number of carbonyl (C=O) groups excluding carboxylic acids is 1. The molecule has 164 valence electrons. The quantitative estimate of drug-likeness (QED) is 0.551. The second kappa shape index (κ2) is 10.0. The van der Waals surface area contributed by atoms with Crippen LogP contribution in [0.2, 0.25) is 0 Å². The fourth-order valence-corrected chi connectivity index (χ4v) is 3.19. The molecular formula is C22H22F3N3O3. The van der Waals surface area contributed by atoms with Gasteiger partial charge in [-0.1, -0.05) is 13.0 Å². The van der Waals surface area contributed by atoms with Crippen molar-refractivity contribution in [1.82, 2.24) is 15.1 Å². The minimum atomic E-state index is -2.96. The lowest BCUT2D eigenvalue weighted by atomic mass is 10.1. The number of carbonyl (C=O) groups is 1. The van der Waals surface area contributed by atoms with Gasteiger partial charge < -0.3 is 14.8 Å². The number of benzene rings is 2. The van der Waals surface area contributed by atoms with Gasteiger partial charge in [0.1, 0.15) is 5.82 Å². The molecule has 0 bridgehead atoms. The topological polar surface area (TPSA) is 65.4 Å². The third-order valence-electron chi connectivity index (χ3n) is 4.66. The SMILES string of the molecule is CCc1c(C(=O)NCCc2ccc(OC)c(OC(F)F)c2)cnn1-c1ccc(F)cc1. The van der Waals surface area contributed by atoms with Gasteiger partial charge in [-0.3, -0.25) is 4.79 Å². The summed E-state index contributed by atoms with van der Waals surface area (Å²) in [6, 6.07) is 10.6. The molecule has 6 nitrogen and oxygen atoms in total. The first-order valence-electron chi connectivity index (χ1n) is 9.65. The van der Waals surface area contributed by atoms with Gasteiger partial charge in [0.25, 0.3) is 5.91 Å². The lowest BCUT2D eigenvalue weighted by Gasteiger charge is -2.12. The minimum absolute atomic E-state index is 0.0600. The van der Waals surface area contributed by atoms with Crippen LogP contribution in [0.25, 0.3) is 5.69 Å². The van der Waals surface area contributed by atoms with E-state index in [1.54, 1.807) is 22.9 Å². The van der Waals surface area contributed by atoms with E-state index in [1.165, 1.54) is 37.6 Å². The maximum Gasteiger partial charge on any atom is 0.387 e. The zero-order chi connectivity index (χ0) is 22.4. The van der Waals surface area contributed by atoms with Crippen molar-refractivity contribution in [3.63, 3.8) is 0 Å². The summed E-state index contributed by atoms with van der Waals surface area (Å²) in [5.74, 6) is -0.514. The fraction of sp³-hybridized carbons (Fsp3) is 0.273. The van der Waals surface area contributed by atoms with Gasteiger partial charge in [-0.25, -0.2) is 9.07 Å². The molecular weight excluding hydrogens is 411 g/mol. The number of hydrogen-bond acceptors (Lipinski definition) is 4. The number of nitrogens with zero attached hydrogens (tertiary/aromatic N) is 2. The smallest absolute Gasteiger partial charge is 0.387 e. The molecule has 0 radical (unpaired) electrons. The monoisotopic (exact) mass is 433 g/mol. The van der Waals surface area contributed by atoms with Crippen LogP contribution in [0.1, 0.15) is 28.5 Å². The van der Waals surface area contributed by atoms with Crippen molar-refractivity contribution >= 4 is 5.91 Å². The van der Waals surface area contributed by atoms with Crippen molar-refractivity contribution in [3.8, 4) is 17.2 Å². The Morgan fingerprint density at radius 3 is 2.55 bits per heavy atom. The summed E-state index contributed by atoms with van der Waals surface area (Å²) in [6.07, 6.45) is 2.43. The van der Waals surface area contributed by atoms with E-state index in [4.69, 9.17) is 4.74 Å². The van der Waals surface area contributed by atoms with Gasteiger partial charge in [0.05, 0.1) is 30.3 Å². The summed E-state index contributed by atoms with van der Waals surface area (Å²) >= 11 is 0. The molecule has 0 saturated heterocycles. The number of amides is 1. The van der Waals surface area contributed by atoms with E-state index in [0.717, 1.165) is 0 Å². The molecule has 1 amide bonds. The summed E-state index contributed by atoms with van der Waals surface area (Å²) in [5.41, 5.74) is 2.47. The van der Waals surface area contributed by atoms with E-state index in [0.29, 0.717) is 35.3 Å². The van der Waals surface area contributed by atoms with Gasteiger partial charge in [-0.05, 0) is 54.8 Å². The van der Waals surface area contributed by atoms with Crippen molar-refractivity contribution in [2.45, 2.75) is 26.4 Å². The first kappa shape index (κ1) is 22.2. The second-order valence-electron chi connectivity index (χ2n) is 6.62. The van der Waals surface area contributed by atoms with E-state index >= 15 is 0 Å². The van der Waals surface area contributed by atoms with Crippen LogP contribution >= 0.6 is 0 Å². The van der Waals surface area contributed by atoms with E-state index in [2.05, 4.69) is 15.2 Å². The summed E-state index contributed by atoms with van der Waals surface area (Å²) in [7, 11) is 1.37. The number of aromatic nitrogens is 2. The van der Waals surface area contributed by atoms with Gasteiger partial charge in [-0.2, -0.15) is 13.9 Å². The van der Waals surface area contributed by atoms with Gasteiger partial charge in [0, 0.05) is 6.54 Å². The van der Waals surface area contributed by atoms with E-state index in [9.17, 15) is 18.0 Å². The highest BCUT2D eigenvalue weighted by molar-refractivity contribution is 5.95. The molecule has 0 spiro atoms. The Morgan fingerprint density at radius 1 is 1.16 bits per heavy atom. The minimum Gasteiger partial charge on any atom is -0.493 e. The number of halogens is 3. The van der Waals surface area contributed by atoms with Crippen LogP contribution in [0.15, 0.2) is 48.7 Å². The van der Waals surface area contributed by atoms with Crippen LogP contribution in [0.5, 0.6) is 11.5 Å². The lowest BCUT2D eigenvalue weighted by molar-refractivity contribution is -0.0512. The molecule has 0 saturated carbocycles. The number of methoxy groups -OCH3 is 1. The Labute approximate surface area is 177 Å². The molecule has 31 heavy (non-hydrogen) atoms. The highest BCUT2D eigenvalue weighted by atomic mass is 19.3. The van der Waals surface area contributed by atoms with Crippen LogP contribution in [0, 0.1) is 5.82 Å². The normalized spacial score (nSPS) is 10.9. The van der Waals surface area contributed by atoms with Gasteiger partial charge in [0.15, 0.2) is 11.5 Å². The van der Waals surface area contributed by atoms with E-state index in [1.807, 2.05) is 6.92 Å². The van der Waals surface area contributed by atoms with Crippen molar-refractivity contribution < 1.29 is 27.4 Å².